The molecule has 0 bridgehead atoms. The first-order chi connectivity index (χ1) is 15.0. The maximum Gasteiger partial charge on any atom is 0.363 e. The van der Waals surface area contributed by atoms with Crippen molar-refractivity contribution in [3.05, 3.63) is 100 Å². The van der Waals surface area contributed by atoms with Crippen molar-refractivity contribution >= 4 is 17.9 Å². The number of halogens is 1. The summed E-state index contributed by atoms with van der Waals surface area (Å²) < 4.78 is 30.5. The number of methoxy groups -OCH3 is 1. The van der Waals surface area contributed by atoms with Gasteiger partial charge < -0.3 is 14.2 Å². The molecule has 3 aromatic carbocycles. The number of benzene rings is 3. The van der Waals surface area contributed by atoms with Crippen molar-refractivity contribution in [3.63, 3.8) is 0 Å². The van der Waals surface area contributed by atoms with Gasteiger partial charge in [-0.3, -0.25) is 0 Å². The van der Waals surface area contributed by atoms with Crippen molar-refractivity contribution in [2.24, 2.45) is 4.99 Å². The van der Waals surface area contributed by atoms with Crippen LogP contribution >= 0.6 is 0 Å². The van der Waals surface area contributed by atoms with Crippen LogP contribution in [-0.2, 0) is 16.1 Å². The molecule has 0 aromatic heterocycles. The standard InChI is InChI=1S/C25H20FNO4/c1-16-7-3-4-8-18(16)15-30-23-14-17(11-12-22(23)29-2)13-21-25(28)31-24(27-21)19-9-5-6-10-20(19)26/h3-14H,15H2,1-2H3. The Hall–Kier alpha value is -3.93. The second kappa shape index (κ2) is 8.83. The highest BCUT2D eigenvalue weighted by atomic mass is 19.1. The summed E-state index contributed by atoms with van der Waals surface area (Å²) in [4.78, 5) is 16.4. The summed E-state index contributed by atoms with van der Waals surface area (Å²) in [5, 5.41) is 0. The molecule has 1 aliphatic rings. The third-order valence-corrected chi connectivity index (χ3v) is 4.86. The fourth-order valence-corrected chi connectivity index (χ4v) is 3.14. The van der Waals surface area contributed by atoms with Gasteiger partial charge >= 0.3 is 5.97 Å². The van der Waals surface area contributed by atoms with Crippen LogP contribution in [0.3, 0.4) is 0 Å². The van der Waals surface area contributed by atoms with Crippen LogP contribution in [0.1, 0.15) is 22.3 Å². The molecule has 0 saturated carbocycles. The van der Waals surface area contributed by atoms with Gasteiger partial charge in [0.05, 0.1) is 12.7 Å². The van der Waals surface area contributed by atoms with Crippen molar-refractivity contribution in [2.45, 2.75) is 13.5 Å². The molecule has 31 heavy (non-hydrogen) atoms. The number of esters is 1. The summed E-state index contributed by atoms with van der Waals surface area (Å²) in [6, 6.07) is 19.2. The second-order valence-corrected chi connectivity index (χ2v) is 6.94. The molecule has 5 nitrogen and oxygen atoms in total. The summed E-state index contributed by atoms with van der Waals surface area (Å²) in [5.41, 5.74) is 3.07. The first kappa shape index (κ1) is 20.3. The van der Waals surface area contributed by atoms with Gasteiger partial charge in [-0.15, -0.1) is 0 Å². The molecular formula is C25H20FNO4. The summed E-state index contributed by atoms with van der Waals surface area (Å²) in [5.74, 6) is -0.105. The fourth-order valence-electron chi connectivity index (χ4n) is 3.14. The van der Waals surface area contributed by atoms with Gasteiger partial charge in [-0.1, -0.05) is 42.5 Å². The van der Waals surface area contributed by atoms with E-state index in [1.54, 1.807) is 43.5 Å². The van der Waals surface area contributed by atoms with Crippen molar-refractivity contribution < 1.29 is 23.4 Å². The molecule has 0 unspecified atom stereocenters. The molecular weight excluding hydrogens is 397 g/mol. The van der Waals surface area contributed by atoms with Crippen LogP contribution in [-0.4, -0.2) is 19.0 Å². The molecule has 3 aromatic rings. The number of cyclic esters (lactones) is 1. The minimum atomic E-state index is -0.642. The lowest BCUT2D eigenvalue weighted by molar-refractivity contribution is -0.129. The zero-order valence-corrected chi connectivity index (χ0v) is 17.1. The average Bonchev–Trinajstić information content (AvgIpc) is 3.13. The Labute approximate surface area is 179 Å². The molecule has 0 radical (unpaired) electrons. The van der Waals surface area contributed by atoms with Crippen LogP contribution in [0.15, 0.2) is 77.4 Å². The maximum absolute atomic E-state index is 14.0. The number of nitrogens with zero attached hydrogens (tertiary/aromatic N) is 1. The van der Waals surface area contributed by atoms with Gasteiger partial charge in [0.2, 0.25) is 5.90 Å². The normalized spacial score (nSPS) is 14.4. The molecule has 0 saturated heterocycles. The Balaban J connectivity index is 1.60. The monoisotopic (exact) mass is 417 g/mol. The molecule has 0 atom stereocenters. The lowest BCUT2D eigenvalue weighted by Crippen LogP contribution is -2.07. The summed E-state index contributed by atoms with van der Waals surface area (Å²) in [6.07, 6.45) is 1.57. The van der Waals surface area contributed by atoms with E-state index >= 15 is 0 Å². The average molecular weight is 417 g/mol. The number of hydrogen-bond donors (Lipinski definition) is 0. The molecule has 4 rings (SSSR count). The van der Waals surface area contributed by atoms with E-state index < -0.39 is 11.8 Å². The van der Waals surface area contributed by atoms with Gasteiger partial charge in [0.15, 0.2) is 17.2 Å². The Bertz CT molecular complexity index is 1200. The molecule has 0 amide bonds. The Morgan fingerprint density at radius 1 is 1.03 bits per heavy atom. The quantitative estimate of drug-likeness (QED) is 0.415. The third-order valence-electron chi connectivity index (χ3n) is 4.86. The van der Waals surface area contributed by atoms with E-state index in [1.165, 1.54) is 12.1 Å². The first-order valence-electron chi connectivity index (χ1n) is 9.68. The Morgan fingerprint density at radius 2 is 1.81 bits per heavy atom. The molecule has 156 valence electrons. The minimum absolute atomic E-state index is 0.0566. The Morgan fingerprint density at radius 3 is 2.58 bits per heavy atom. The van der Waals surface area contributed by atoms with Crippen LogP contribution in [0.5, 0.6) is 11.5 Å². The van der Waals surface area contributed by atoms with Crippen LogP contribution in [0.4, 0.5) is 4.39 Å². The second-order valence-electron chi connectivity index (χ2n) is 6.94. The topological polar surface area (TPSA) is 57.1 Å². The van der Waals surface area contributed by atoms with Gasteiger partial charge in [-0.25, -0.2) is 14.2 Å². The summed E-state index contributed by atoms with van der Waals surface area (Å²) >= 11 is 0. The summed E-state index contributed by atoms with van der Waals surface area (Å²) in [6.45, 7) is 2.40. The highest BCUT2D eigenvalue weighted by molar-refractivity contribution is 6.12. The van der Waals surface area contributed by atoms with Crippen LogP contribution < -0.4 is 9.47 Å². The summed E-state index contributed by atoms with van der Waals surface area (Å²) in [7, 11) is 1.56. The minimum Gasteiger partial charge on any atom is -0.493 e. The van der Waals surface area contributed by atoms with Gasteiger partial charge in [-0.2, -0.15) is 0 Å². The first-order valence-corrected chi connectivity index (χ1v) is 9.68. The predicted octanol–water partition coefficient (Wildman–Crippen LogP) is 5.07. The number of hydrogen-bond acceptors (Lipinski definition) is 5. The third kappa shape index (κ3) is 4.48. The lowest BCUT2D eigenvalue weighted by Gasteiger charge is -2.12. The SMILES string of the molecule is COc1ccc(C=C2N=C(c3ccccc3F)OC2=O)cc1OCc1ccccc1C. The zero-order valence-electron chi connectivity index (χ0n) is 17.1. The van der Waals surface area contributed by atoms with Crippen molar-refractivity contribution in [1.82, 2.24) is 0 Å². The van der Waals surface area contributed by atoms with Crippen molar-refractivity contribution in [3.8, 4) is 11.5 Å². The van der Waals surface area contributed by atoms with E-state index in [0.29, 0.717) is 23.7 Å². The smallest absolute Gasteiger partial charge is 0.363 e. The fraction of sp³-hybridized carbons (Fsp3) is 0.120. The number of rotatable bonds is 6. The van der Waals surface area contributed by atoms with E-state index in [4.69, 9.17) is 14.2 Å². The van der Waals surface area contributed by atoms with Crippen LogP contribution in [0.2, 0.25) is 0 Å². The van der Waals surface area contributed by atoms with Crippen molar-refractivity contribution in [1.29, 1.82) is 0 Å². The largest absolute Gasteiger partial charge is 0.493 e. The molecule has 0 aliphatic carbocycles. The predicted molar refractivity (Wildman–Crippen MR) is 116 cm³/mol. The van der Waals surface area contributed by atoms with Crippen molar-refractivity contribution in [2.75, 3.05) is 7.11 Å². The van der Waals surface area contributed by atoms with E-state index in [-0.39, 0.29) is 17.2 Å². The highest BCUT2D eigenvalue weighted by Gasteiger charge is 2.26. The molecule has 0 fully saturated rings. The van der Waals surface area contributed by atoms with E-state index in [0.717, 1.165) is 11.1 Å². The maximum atomic E-state index is 14.0. The van der Waals surface area contributed by atoms with Crippen LogP contribution in [0.25, 0.3) is 6.08 Å². The lowest BCUT2D eigenvalue weighted by atomic mass is 10.1. The van der Waals surface area contributed by atoms with E-state index in [9.17, 15) is 9.18 Å². The Kier molecular flexibility index (Phi) is 5.80. The number of aliphatic imine (C=N–C) groups is 1. The number of ether oxygens (including phenoxy) is 3. The molecule has 0 spiro atoms. The van der Waals surface area contributed by atoms with Gasteiger partial charge in [-0.05, 0) is 54.0 Å². The molecule has 1 heterocycles. The zero-order chi connectivity index (χ0) is 21.8. The van der Waals surface area contributed by atoms with Gasteiger partial charge in [0, 0.05) is 0 Å². The number of carbonyl (C=O) groups excluding carboxylic acids is 1. The van der Waals surface area contributed by atoms with E-state index in [2.05, 4.69) is 4.99 Å². The number of carbonyl (C=O) groups is 1. The number of aryl methyl sites for hydroxylation is 1. The van der Waals surface area contributed by atoms with Gasteiger partial charge in [0.25, 0.3) is 0 Å². The van der Waals surface area contributed by atoms with Crippen LogP contribution in [0, 0.1) is 12.7 Å². The highest BCUT2D eigenvalue weighted by Crippen LogP contribution is 2.31. The molecule has 0 N–H and O–H groups in total. The van der Waals surface area contributed by atoms with Gasteiger partial charge in [0.1, 0.15) is 12.4 Å². The molecule has 1 aliphatic heterocycles. The molecule has 6 heteroatoms. The van der Waals surface area contributed by atoms with E-state index in [1.807, 2.05) is 31.2 Å².